The third-order valence-electron chi connectivity index (χ3n) is 7.25. The molecule has 0 bridgehead atoms. The highest BCUT2D eigenvalue weighted by atomic mass is 19.4. The summed E-state index contributed by atoms with van der Waals surface area (Å²) in [6, 6.07) is 11.3. The molecule has 2 aliphatic rings. The zero-order chi connectivity index (χ0) is 25.7. The van der Waals surface area contributed by atoms with Gasteiger partial charge in [-0.1, -0.05) is 32.0 Å². The number of hydrogen-bond donors (Lipinski definition) is 1. The minimum absolute atomic E-state index is 0.0252. The van der Waals surface area contributed by atoms with Crippen molar-refractivity contribution in [3.8, 4) is 5.69 Å². The van der Waals surface area contributed by atoms with Gasteiger partial charge in [0.05, 0.1) is 17.9 Å². The highest BCUT2D eigenvalue weighted by Gasteiger charge is 2.51. The molecule has 3 atom stereocenters. The van der Waals surface area contributed by atoms with E-state index in [1.54, 1.807) is 30.3 Å². The quantitative estimate of drug-likeness (QED) is 0.481. The summed E-state index contributed by atoms with van der Waals surface area (Å²) >= 11 is 0. The fourth-order valence-corrected chi connectivity index (χ4v) is 5.62. The van der Waals surface area contributed by atoms with Crippen LogP contribution in [0.2, 0.25) is 0 Å². The SMILES string of the molecule is CC(C)c1ccc(-n2nnnc2C(F)(F)F)cc1C1=C[C@@]2(CCC(CO)C2c2ccc(F)cc2)OC1. The molecule has 190 valence electrons. The van der Waals surface area contributed by atoms with Crippen LogP contribution in [0.15, 0.2) is 48.5 Å². The number of rotatable bonds is 5. The summed E-state index contributed by atoms with van der Waals surface area (Å²) < 4.78 is 61.0. The number of halogens is 4. The second kappa shape index (κ2) is 9.08. The second-order valence-electron chi connectivity index (χ2n) is 9.76. The number of aliphatic hydroxyl groups excluding tert-OH is 1. The molecule has 5 rings (SSSR count). The summed E-state index contributed by atoms with van der Waals surface area (Å²) in [6.07, 6.45) is -1.25. The van der Waals surface area contributed by atoms with E-state index in [9.17, 15) is 22.7 Å². The second-order valence-corrected chi connectivity index (χ2v) is 9.76. The number of alkyl halides is 3. The van der Waals surface area contributed by atoms with Gasteiger partial charge in [0, 0.05) is 12.5 Å². The van der Waals surface area contributed by atoms with Crippen LogP contribution in [0.3, 0.4) is 0 Å². The lowest BCUT2D eigenvalue weighted by molar-refractivity contribution is -0.146. The smallest absolute Gasteiger partial charge is 0.396 e. The molecule has 2 heterocycles. The lowest BCUT2D eigenvalue weighted by Gasteiger charge is -2.32. The number of aromatic nitrogens is 4. The van der Waals surface area contributed by atoms with E-state index in [1.807, 2.05) is 19.9 Å². The average Bonchev–Trinajstić information content (AvgIpc) is 3.58. The Morgan fingerprint density at radius 2 is 1.92 bits per heavy atom. The van der Waals surface area contributed by atoms with E-state index in [2.05, 4.69) is 15.5 Å². The first kappa shape index (κ1) is 24.6. The molecule has 0 amide bonds. The maximum Gasteiger partial charge on any atom is 0.453 e. The summed E-state index contributed by atoms with van der Waals surface area (Å²) in [5, 5.41) is 20.0. The summed E-state index contributed by atoms with van der Waals surface area (Å²) in [5.74, 6) is -1.67. The molecule has 1 aliphatic carbocycles. The van der Waals surface area contributed by atoms with Gasteiger partial charge in [-0.05, 0) is 87.7 Å². The number of nitrogens with zero attached hydrogens (tertiary/aromatic N) is 4. The van der Waals surface area contributed by atoms with Crippen molar-refractivity contribution in [3.63, 3.8) is 0 Å². The summed E-state index contributed by atoms with van der Waals surface area (Å²) in [4.78, 5) is 0. The van der Waals surface area contributed by atoms with Crippen LogP contribution < -0.4 is 0 Å². The summed E-state index contributed by atoms with van der Waals surface area (Å²) in [7, 11) is 0. The van der Waals surface area contributed by atoms with Crippen LogP contribution in [0, 0.1) is 11.7 Å². The zero-order valence-corrected chi connectivity index (χ0v) is 19.8. The first-order valence-corrected chi connectivity index (χ1v) is 11.9. The fourth-order valence-electron chi connectivity index (χ4n) is 5.62. The Hall–Kier alpha value is -3.11. The molecule has 36 heavy (non-hydrogen) atoms. The maximum atomic E-state index is 13.6. The van der Waals surface area contributed by atoms with Crippen LogP contribution in [0.1, 0.15) is 61.0 Å². The predicted molar refractivity (Wildman–Crippen MR) is 124 cm³/mol. The zero-order valence-electron chi connectivity index (χ0n) is 19.8. The molecular weight excluding hydrogens is 476 g/mol. The van der Waals surface area contributed by atoms with Gasteiger partial charge in [-0.2, -0.15) is 17.9 Å². The van der Waals surface area contributed by atoms with E-state index in [-0.39, 0.29) is 42.5 Å². The normalized spacial score (nSPS) is 24.2. The van der Waals surface area contributed by atoms with Crippen molar-refractivity contribution in [3.05, 3.63) is 76.9 Å². The van der Waals surface area contributed by atoms with Gasteiger partial charge < -0.3 is 9.84 Å². The average molecular weight is 503 g/mol. The minimum atomic E-state index is -4.70. The third kappa shape index (κ3) is 4.22. The van der Waals surface area contributed by atoms with Gasteiger partial charge in [0.1, 0.15) is 5.82 Å². The summed E-state index contributed by atoms with van der Waals surface area (Å²) in [6.45, 7) is 4.27. The van der Waals surface area contributed by atoms with Crippen LogP contribution in [-0.4, -0.2) is 44.1 Å². The topological polar surface area (TPSA) is 73.1 Å². The standard InChI is InChI=1S/C26H26F4N4O2/c1-15(2)21-8-7-20(34-24(26(28,29)30)31-32-33-34)11-22(21)18-12-25(36-14-18)10-9-17(13-35)23(25)16-3-5-19(27)6-4-16/h3-8,11-12,15,17,23,35H,9-10,13-14H2,1-2H3/t17?,23?,25-/m1/s1. The molecule has 10 heteroatoms. The van der Waals surface area contributed by atoms with E-state index in [4.69, 9.17) is 4.74 Å². The monoisotopic (exact) mass is 502 g/mol. The Morgan fingerprint density at radius 1 is 1.17 bits per heavy atom. The van der Waals surface area contributed by atoms with Gasteiger partial charge in [-0.3, -0.25) is 0 Å². The van der Waals surface area contributed by atoms with Gasteiger partial charge >= 0.3 is 6.18 Å². The predicted octanol–water partition coefficient (Wildman–Crippen LogP) is 5.28. The van der Waals surface area contributed by atoms with Crippen molar-refractivity contribution in [2.75, 3.05) is 13.2 Å². The highest BCUT2D eigenvalue weighted by Crippen LogP contribution is 2.53. The van der Waals surface area contributed by atoms with E-state index in [0.717, 1.165) is 28.7 Å². The van der Waals surface area contributed by atoms with Gasteiger partial charge in [-0.25, -0.2) is 4.39 Å². The van der Waals surface area contributed by atoms with E-state index >= 15 is 0 Å². The van der Waals surface area contributed by atoms with Crippen LogP contribution in [0.4, 0.5) is 17.6 Å². The first-order valence-electron chi connectivity index (χ1n) is 11.9. The number of hydrogen-bond acceptors (Lipinski definition) is 5. The van der Waals surface area contributed by atoms with Crippen LogP contribution in [-0.2, 0) is 10.9 Å². The van der Waals surface area contributed by atoms with Gasteiger partial charge in [0.15, 0.2) is 0 Å². The largest absolute Gasteiger partial charge is 0.453 e. The first-order chi connectivity index (χ1) is 17.1. The Bertz CT molecular complexity index is 1290. The third-order valence-corrected chi connectivity index (χ3v) is 7.25. The van der Waals surface area contributed by atoms with Gasteiger partial charge in [0.25, 0.3) is 5.82 Å². The van der Waals surface area contributed by atoms with Crippen LogP contribution in [0.25, 0.3) is 11.3 Å². The molecular formula is C26H26F4N4O2. The number of benzene rings is 2. The molecule has 1 spiro atoms. The molecule has 6 nitrogen and oxygen atoms in total. The van der Waals surface area contributed by atoms with Crippen LogP contribution >= 0.6 is 0 Å². The van der Waals surface area contributed by atoms with Gasteiger partial charge in [0.2, 0.25) is 0 Å². The van der Waals surface area contributed by atoms with Crippen molar-refractivity contribution < 1.29 is 27.4 Å². The number of tetrazole rings is 1. The van der Waals surface area contributed by atoms with Gasteiger partial charge in [-0.15, -0.1) is 5.10 Å². The Kier molecular flexibility index (Phi) is 6.20. The minimum Gasteiger partial charge on any atom is -0.396 e. The fraction of sp³-hybridized carbons (Fsp3) is 0.423. The molecule has 3 aromatic rings. The molecule has 2 aromatic carbocycles. The molecule has 0 radical (unpaired) electrons. The Balaban J connectivity index is 1.59. The molecule has 1 saturated carbocycles. The molecule has 1 fully saturated rings. The molecule has 1 aliphatic heterocycles. The number of aliphatic hydroxyl groups is 1. The Labute approximate surface area is 205 Å². The van der Waals surface area contributed by atoms with E-state index in [1.165, 1.54) is 12.1 Å². The molecule has 0 saturated heterocycles. The van der Waals surface area contributed by atoms with Crippen molar-refractivity contribution in [1.29, 1.82) is 0 Å². The maximum absolute atomic E-state index is 13.6. The summed E-state index contributed by atoms with van der Waals surface area (Å²) in [5.41, 5.74) is 2.97. The van der Waals surface area contributed by atoms with Crippen molar-refractivity contribution in [2.24, 2.45) is 5.92 Å². The van der Waals surface area contributed by atoms with Crippen molar-refractivity contribution in [1.82, 2.24) is 20.2 Å². The lowest BCUT2D eigenvalue weighted by Crippen LogP contribution is -2.33. The lowest BCUT2D eigenvalue weighted by atomic mass is 9.79. The van der Waals surface area contributed by atoms with E-state index < -0.39 is 17.6 Å². The van der Waals surface area contributed by atoms with Crippen molar-refractivity contribution >= 4 is 5.57 Å². The van der Waals surface area contributed by atoms with Crippen molar-refractivity contribution in [2.45, 2.75) is 50.3 Å². The molecule has 2 unspecified atom stereocenters. The highest BCUT2D eigenvalue weighted by molar-refractivity contribution is 5.74. The van der Waals surface area contributed by atoms with E-state index in [0.29, 0.717) is 11.1 Å². The number of ether oxygens (including phenoxy) is 1. The molecule has 1 N–H and O–H groups in total. The molecule has 1 aromatic heterocycles. The van der Waals surface area contributed by atoms with Crippen LogP contribution in [0.5, 0.6) is 0 Å². The Morgan fingerprint density at radius 3 is 2.58 bits per heavy atom.